The molecular weight excluding hydrogens is 102 g/mol. The number of hydrogen-bond donors (Lipinski definition) is 1. The molecule has 1 aromatic rings. The van der Waals surface area contributed by atoms with Crippen LogP contribution in [-0.4, -0.2) is 0 Å². The van der Waals surface area contributed by atoms with Gasteiger partial charge in [0.05, 0.1) is 6.85 Å². The van der Waals surface area contributed by atoms with E-state index < -0.39 is 30.2 Å². The maximum absolute atomic E-state index is 7.26. The lowest BCUT2D eigenvalue weighted by Gasteiger charge is -1.92. The minimum absolute atomic E-state index is 0.342. The minimum atomic E-state index is -0.462. The summed E-state index contributed by atoms with van der Waals surface area (Å²) in [6.07, 6.45) is 0. The van der Waals surface area contributed by atoms with Crippen LogP contribution in [0.4, 0.5) is 0 Å². The summed E-state index contributed by atoms with van der Waals surface area (Å²) in [7, 11) is 0. The number of hydrogen-bond acceptors (Lipinski definition) is 2. The Kier molecular flexibility index (Phi) is 0.506. The van der Waals surface area contributed by atoms with E-state index in [0.717, 1.165) is 0 Å². The summed E-state index contributed by atoms with van der Waals surface area (Å²) in [5.41, 5.74) is 0. The van der Waals surface area contributed by atoms with Crippen LogP contribution in [0.1, 0.15) is 6.85 Å². The first kappa shape index (κ1) is 1.74. The van der Waals surface area contributed by atoms with E-state index in [9.17, 15) is 0 Å². The summed E-state index contributed by atoms with van der Waals surface area (Å²) in [5, 5.41) is 0. The Hall–Kier alpha value is -1.02. The minimum Gasteiger partial charge on any atom is -0.412 e. The molecular formula is C6H7NO. The molecule has 2 N–H and O–H groups in total. The average molecular weight is 114 g/mol. The molecule has 2 nitrogen and oxygen atoms in total. The standard InChI is InChI=1S/C6H7NO/c7-8-6-4-2-1-3-5-6/h1-5H,7H2/i1D,2D,3D,4D,5D. The molecule has 0 fully saturated rings. The van der Waals surface area contributed by atoms with E-state index in [1.165, 1.54) is 0 Å². The average Bonchev–Trinajstić information content (AvgIpc) is 2.13. The third-order valence-corrected chi connectivity index (χ3v) is 0.595. The lowest BCUT2D eigenvalue weighted by Crippen LogP contribution is -2.00. The summed E-state index contributed by atoms with van der Waals surface area (Å²) in [6.45, 7) is 0. The largest absolute Gasteiger partial charge is 0.412 e. The molecule has 42 valence electrons. The number of nitrogens with two attached hydrogens (primary N) is 1. The van der Waals surface area contributed by atoms with Crippen LogP contribution in [0.2, 0.25) is 0 Å². The van der Waals surface area contributed by atoms with Crippen LogP contribution < -0.4 is 10.7 Å². The molecule has 0 bridgehead atoms. The van der Waals surface area contributed by atoms with Crippen molar-refractivity contribution in [3.63, 3.8) is 0 Å². The molecule has 0 aromatic heterocycles. The number of benzene rings is 1. The molecule has 0 atom stereocenters. The summed E-state index contributed by atoms with van der Waals surface area (Å²) < 4.78 is 36.1. The van der Waals surface area contributed by atoms with Crippen LogP contribution in [-0.2, 0) is 0 Å². The fourth-order valence-electron chi connectivity index (χ4n) is 0.297. The second kappa shape index (κ2) is 2.33. The number of rotatable bonds is 1. The second-order valence-electron chi connectivity index (χ2n) is 1.07. The first-order valence-corrected chi connectivity index (χ1v) is 1.94. The summed E-state index contributed by atoms with van der Waals surface area (Å²) in [5.74, 6) is 4.43. The van der Waals surface area contributed by atoms with Crippen molar-refractivity contribution in [3.05, 3.63) is 30.2 Å². The highest BCUT2D eigenvalue weighted by Gasteiger charge is 1.81. The molecule has 1 aromatic carbocycles. The van der Waals surface area contributed by atoms with Gasteiger partial charge in [-0.3, -0.25) is 0 Å². The predicted octanol–water partition coefficient (Wildman–Crippen LogP) is 0.939. The van der Waals surface area contributed by atoms with Gasteiger partial charge in [-0.1, -0.05) is 18.1 Å². The van der Waals surface area contributed by atoms with Crippen molar-refractivity contribution in [2.45, 2.75) is 0 Å². The maximum Gasteiger partial charge on any atom is 0.146 e. The first-order valence-electron chi connectivity index (χ1n) is 4.44. The topological polar surface area (TPSA) is 35.2 Å². The Morgan fingerprint density at radius 2 is 2.00 bits per heavy atom. The molecule has 0 radical (unpaired) electrons. The van der Waals surface area contributed by atoms with Gasteiger partial charge in [-0.15, -0.1) is 0 Å². The van der Waals surface area contributed by atoms with Gasteiger partial charge in [-0.2, -0.15) is 5.90 Å². The third-order valence-electron chi connectivity index (χ3n) is 0.595. The van der Waals surface area contributed by atoms with Gasteiger partial charge in [0.15, 0.2) is 0 Å². The molecule has 8 heavy (non-hydrogen) atoms. The second-order valence-corrected chi connectivity index (χ2v) is 1.07. The lowest BCUT2D eigenvalue weighted by molar-refractivity contribution is 0.334. The van der Waals surface area contributed by atoms with Gasteiger partial charge >= 0.3 is 0 Å². The Morgan fingerprint density at radius 3 is 2.50 bits per heavy atom. The van der Waals surface area contributed by atoms with Crippen LogP contribution in [0.25, 0.3) is 0 Å². The van der Waals surface area contributed by atoms with Crippen molar-refractivity contribution < 1.29 is 11.7 Å². The molecule has 0 aliphatic carbocycles. The van der Waals surface area contributed by atoms with Crippen molar-refractivity contribution in [3.8, 4) is 5.75 Å². The summed E-state index contributed by atoms with van der Waals surface area (Å²) in [4.78, 5) is 4.19. The Bertz CT molecular complexity index is 324. The van der Waals surface area contributed by atoms with Gasteiger partial charge in [0.25, 0.3) is 0 Å². The summed E-state index contributed by atoms with van der Waals surface area (Å²) >= 11 is 0. The zero-order valence-corrected chi connectivity index (χ0v) is 3.99. The monoisotopic (exact) mass is 114 g/mol. The van der Waals surface area contributed by atoms with Gasteiger partial charge in [-0.25, -0.2) is 0 Å². The van der Waals surface area contributed by atoms with Crippen LogP contribution in [0.5, 0.6) is 5.75 Å². The SMILES string of the molecule is [2H]c1c([2H])c([2H])c(ON)c([2H])c1[2H]. The fourth-order valence-corrected chi connectivity index (χ4v) is 0.297. The van der Waals surface area contributed by atoms with Crippen molar-refractivity contribution in [1.29, 1.82) is 0 Å². The highest BCUT2D eigenvalue weighted by atomic mass is 16.6. The van der Waals surface area contributed by atoms with Crippen LogP contribution in [0, 0.1) is 0 Å². The fraction of sp³-hybridized carbons (Fsp3) is 0. The van der Waals surface area contributed by atoms with Gasteiger partial charge in [-0.05, 0) is 12.1 Å². The zero-order valence-electron chi connectivity index (χ0n) is 8.99. The Balaban J connectivity index is 3.56. The predicted molar refractivity (Wildman–Crippen MR) is 31.3 cm³/mol. The van der Waals surface area contributed by atoms with Crippen LogP contribution in [0.3, 0.4) is 0 Å². The third kappa shape index (κ3) is 0.978. The smallest absolute Gasteiger partial charge is 0.146 e. The van der Waals surface area contributed by atoms with E-state index in [-0.39, 0.29) is 5.75 Å². The normalized spacial score (nSPS) is 17.4. The molecule has 0 saturated heterocycles. The van der Waals surface area contributed by atoms with Crippen molar-refractivity contribution in [2.75, 3.05) is 0 Å². The van der Waals surface area contributed by atoms with E-state index >= 15 is 0 Å². The van der Waals surface area contributed by atoms with Crippen molar-refractivity contribution in [2.24, 2.45) is 5.90 Å². The van der Waals surface area contributed by atoms with Gasteiger partial charge in [0.2, 0.25) is 0 Å². The molecule has 1 rings (SSSR count). The molecule has 0 spiro atoms. The van der Waals surface area contributed by atoms with Crippen molar-refractivity contribution in [1.82, 2.24) is 0 Å². The highest BCUT2D eigenvalue weighted by molar-refractivity contribution is 5.20. The zero-order chi connectivity index (χ0) is 10.2. The number of para-hydroxylation sites is 1. The van der Waals surface area contributed by atoms with E-state index in [1.807, 2.05) is 0 Å². The van der Waals surface area contributed by atoms with E-state index in [1.54, 1.807) is 0 Å². The van der Waals surface area contributed by atoms with Gasteiger partial charge in [0.1, 0.15) is 5.75 Å². The van der Waals surface area contributed by atoms with E-state index in [4.69, 9.17) is 12.8 Å². The maximum atomic E-state index is 7.26. The first-order chi connectivity index (χ1) is 6.00. The molecule has 0 aliphatic rings. The van der Waals surface area contributed by atoms with Crippen LogP contribution >= 0.6 is 0 Å². The molecule has 0 aliphatic heterocycles. The Labute approximate surface area is 54.9 Å². The Morgan fingerprint density at radius 1 is 1.38 bits per heavy atom. The molecule has 0 saturated carbocycles. The lowest BCUT2D eigenvalue weighted by atomic mass is 10.3. The highest BCUT2D eigenvalue weighted by Crippen LogP contribution is 2.04. The van der Waals surface area contributed by atoms with Gasteiger partial charge in [0, 0.05) is 0 Å². The van der Waals surface area contributed by atoms with Crippen LogP contribution in [0.15, 0.2) is 30.2 Å². The molecule has 2 heteroatoms. The molecule has 0 amide bonds. The molecule has 0 unspecified atom stereocenters. The molecule has 0 heterocycles. The van der Waals surface area contributed by atoms with E-state index in [2.05, 4.69) is 4.84 Å². The van der Waals surface area contributed by atoms with Crippen molar-refractivity contribution >= 4 is 0 Å². The summed E-state index contributed by atoms with van der Waals surface area (Å²) in [6, 6.07) is -2.25. The quantitative estimate of drug-likeness (QED) is 0.551. The van der Waals surface area contributed by atoms with Gasteiger partial charge < -0.3 is 4.84 Å². The van der Waals surface area contributed by atoms with E-state index in [0.29, 0.717) is 0 Å².